The lowest BCUT2D eigenvalue weighted by Crippen LogP contribution is -2.41. The predicted molar refractivity (Wildman–Crippen MR) is 71.3 cm³/mol. The van der Waals surface area contributed by atoms with Crippen LogP contribution < -0.4 is 10.5 Å². The number of nitrogens with one attached hydrogen (secondary N) is 1. The Hall–Kier alpha value is -2.44. The van der Waals surface area contributed by atoms with Crippen molar-refractivity contribution in [3.63, 3.8) is 0 Å². The van der Waals surface area contributed by atoms with E-state index in [1.54, 1.807) is 6.07 Å². The van der Waals surface area contributed by atoms with Crippen molar-refractivity contribution in [2.45, 2.75) is 23.8 Å². The van der Waals surface area contributed by atoms with E-state index in [4.69, 9.17) is 16.1 Å². The molecule has 0 aliphatic carbocycles. The fourth-order valence-corrected chi connectivity index (χ4v) is 2.94. The fourth-order valence-electron chi connectivity index (χ4n) is 1.56. The Morgan fingerprint density at radius 3 is 2.52 bits per heavy atom. The molecule has 1 atom stereocenters. The second-order valence-corrected chi connectivity index (χ2v) is 5.81. The first-order valence-electron chi connectivity index (χ1n) is 5.80. The molecule has 1 amide bonds. The number of nitrogens with two attached hydrogens (primary N) is 1. The van der Waals surface area contributed by atoms with Crippen molar-refractivity contribution >= 4 is 21.9 Å². The Kier molecular flexibility index (Phi) is 5.40. The fraction of sp³-hybridized carbons (Fsp3) is 0.250. The van der Waals surface area contributed by atoms with Crippen LogP contribution >= 0.6 is 0 Å². The molecular weight excluding hydrogens is 298 g/mol. The molecule has 0 heterocycles. The zero-order valence-corrected chi connectivity index (χ0v) is 11.6. The van der Waals surface area contributed by atoms with Gasteiger partial charge in [0.15, 0.2) is 0 Å². The minimum absolute atomic E-state index is 0.107. The summed E-state index contributed by atoms with van der Waals surface area (Å²) in [6.07, 6.45) is -0.558. The summed E-state index contributed by atoms with van der Waals surface area (Å²) in [4.78, 5) is 21.4. The number of sulfonamides is 1. The summed E-state index contributed by atoms with van der Waals surface area (Å²) in [6, 6.07) is 5.59. The number of carbonyl (C=O) groups excluding carboxylic acids is 1. The first-order chi connectivity index (χ1) is 9.77. The number of rotatable bonds is 7. The number of hydrogen-bond donors (Lipinski definition) is 3. The first kappa shape index (κ1) is 16.6. The van der Waals surface area contributed by atoms with E-state index in [-0.39, 0.29) is 23.3 Å². The van der Waals surface area contributed by atoms with Gasteiger partial charge in [-0.15, -0.1) is 0 Å². The second kappa shape index (κ2) is 6.83. The lowest BCUT2D eigenvalue weighted by Gasteiger charge is -2.14. The molecule has 1 rings (SSSR count). The van der Waals surface area contributed by atoms with Crippen LogP contribution in [0.2, 0.25) is 0 Å². The number of benzene rings is 1. The SMILES string of the molecule is N#Cc1ccccc1S(=O)(=O)N[C@H](CCC(N)=O)C(=O)O. The third kappa shape index (κ3) is 4.55. The number of aliphatic carboxylic acids is 1. The number of carboxylic acids is 1. The molecule has 0 spiro atoms. The van der Waals surface area contributed by atoms with Crippen molar-refractivity contribution in [3.05, 3.63) is 29.8 Å². The van der Waals surface area contributed by atoms with E-state index < -0.39 is 27.9 Å². The molecule has 0 unspecified atom stereocenters. The monoisotopic (exact) mass is 311 g/mol. The van der Waals surface area contributed by atoms with Gasteiger partial charge in [0.05, 0.1) is 10.5 Å². The first-order valence-corrected chi connectivity index (χ1v) is 7.29. The highest BCUT2D eigenvalue weighted by Crippen LogP contribution is 2.15. The quantitative estimate of drug-likeness (QED) is 0.620. The van der Waals surface area contributed by atoms with Crippen LogP contribution in [0.5, 0.6) is 0 Å². The van der Waals surface area contributed by atoms with E-state index >= 15 is 0 Å². The Labute approximate surface area is 121 Å². The highest BCUT2D eigenvalue weighted by molar-refractivity contribution is 7.89. The molecule has 0 fully saturated rings. The van der Waals surface area contributed by atoms with E-state index in [1.165, 1.54) is 24.3 Å². The predicted octanol–water partition coefficient (Wildman–Crippen LogP) is -0.445. The molecule has 0 aliphatic heterocycles. The smallest absolute Gasteiger partial charge is 0.321 e. The van der Waals surface area contributed by atoms with Gasteiger partial charge in [-0.1, -0.05) is 12.1 Å². The van der Waals surface area contributed by atoms with Crippen LogP contribution in [0.15, 0.2) is 29.2 Å². The highest BCUT2D eigenvalue weighted by atomic mass is 32.2. The van der Waals surface area contributed by atoms with Crippen molar-refractivity contribution in [2.24, 2.45) is 5.73 Å². The maximum Gasteiger partial charge on any atom is 0.321 e. The van der Waals surface area contributed by atoms with E-state index in [0.717, 1.165) is 0 Å². The largest absolute Gasteiger partial charge is 0.480 e. The van der Waals surface area contributed by atoms with Gasteiger partial charge < -0.3 is 10.8 Å². The molecule has 0 aliphatic rings. The zero-order chi connectivity index (χ0) is 16.0. The average Bonchev–Trinajstić information content (AvgIpc) is 2.42. The van der Waals surface area contributed by atoms with Crippen LogP contribution in [0, 0.1) is 11.3 Å². The number of primary amides is 1. The van der Waals surface area contributed by atoms with Gasteiger partial charge in [0.1, 0.15) is 12.1 Å². The molecule has 4 N–H and O–H groups in total. The normalized spacial score (nSPS) is 12.3. The molecule has 0 radical (unpaired) electrons. The topological polar surface area (TPSA) is 150 Å². The van der Waals surface area contributed by atoms with Crippen molar-refractivity contribution < 1.29 is 23.1 Å². The summed E-state index contributed by atoms with van der Waals surface area (Å²) in [7, 11) is -4.20. The highest BCUT2D eigenvalue weighted by Gasteiger charge is 2.27. The number of nitriles is 1. The maximum atomic E-state index is 12.1. The lowest BCUT2D eigenvalue weighted by atomic mass is 10.2. The second-order valence-electron chi connectivity index (χ2n) is 4.13. The van der Waals surface area contributed by atoms with Crippen LogP contribution in [-0.2, 0) is 19.6 Å². The van der Waals surface area contributed by atoms with Crippen molar-refractivity contribution in [1.82, 2.24) is 4.72 Å². The molecule has 1 aromatic rings. The van der Waals surface area contributed by atoms with Gasteiger partial charge in [0, 0.05) is 6.42 Å². The molecule has 0 saturated heterocycles. The molecule has 9 heteroatoms. The van der Waals surface area contributed by atoms with Gasteiger partial charge in [-0.25, -0.2) is 8.42 Å². The molecule has 0 bridgehead atoms. The van der Waals surface area contributed by atoms with Crippen molar-refractivity contribution in [1.29, 1.82) is 5.26 Å². The number of hydrogen-bond acceptors (Lipinski definition) is 5. The molecule has 0 aromatic heterocycles. The summed E-state index contributed by atoms with van der Waals surface area (Å²) in [5, 5.41) is 17.9. The third-order valence-corrected chi connectivity index (χ3v) is 4.10. The van der Waals surface area contributed by atoms with Gasteiger partial charge in [0.2, 0.25) is 15.9 Å². The van der Waals surface area contributed by atoms with E-state index in [1.807, 2.05) is 4.72 Å². The molecule has 1 aromatic carbocycles. The van der Waals surface area contributed by atoms with Crippen LogP contribution in [0.4, 0.5) is 0 Å². The Morgan fingerprint density at radius 2 is 2.00 bits per heavy atom. The van der Waals surface area contributed by atoms with Crippen LogP contribution in [0.3, 0.4) is 0 Å². The number of carbonyl (C=O) groups is 2. The lowest BCUT2D eigenvalue weighted by molar-refractivity contribution is -0.139. The van der Waals surface area contributed by atoms with Gasteiger partial charge in [-0.05, 0) is 18.6 Å². The summed E-state index contributed by atoms with van der Waals surface area (Å²) in [5.41, 5.74) is 4.80. The molecular formula is C12H13N3O5S. The summed E-state index contributed by atoms with van der Waals surface area (Å²) < 4.78 is 26.2. The van der Waals surface area contributed by atoms with Crippen molar-refractivity contribution in [3.8, 4) is 6.07 Å². The summed E-state index contributed by atoms with van der Waals surface area (Å²) in [5.74, 6) is -2.17. The van der Waals surface area contributed by atoms with E-state index in [9.17, 15) is 18.0 Å². The van der Waals surface area contributed by atoms with E-state index in [2.05, 4.69) is 0 Å². The van der Waals surface area contributed by atoms with Gasteiger partial charge in [-0.3, -0.25) is 9.59 Å². The number of carboxylic acid groups (broad SMARTS) is 1. The minimum Gasteiger partial charge on any atom is -0.480 e. The Morgan fingerprint density at radius 1 is 1.38 bits per heavy atom. The average molecular weight is 311 g/mol. The summed E-state index contributed by atoms with van der Waals surface area (Å²) >= 11 is 0. The van der Waals surface area contributed by atoms with Gasteiger partial charge in [0.25, 0.3) is 0 Å². The van der Waals surface area contributed by atoms with Crippen LogP contribution in [-0.4, -0.2) is 31.4 Å². The van der Waals surface area contributed by atoms with Gasteiger partial charge >= 0.3 is 5.97 Å². The van der Waals surface area contributed by atoms with Crippen LogP contribution in [0.25, 0.3) is 0 Å². The standard InChI is InChI=1S/C12H13N3O5S/c13-7-8-3-1-2-4-10(8)21(19,20)15-9(12(17)18)5-6-11(14)16/h1-4,9,15H,5-6H2,(H2,14,16)(H,17,18)/t9-/m1/s1. The molecule has 112 valence electrons. The zero-order valence-electron chi connectivity index (χ0n) is 10.8. The minimum atomic E-state index is -4.20. The number of amides is 1. The van der Waals surface area contributed by atoms with Gasteiger partial charge in [-0.2, -0.15) is 9.98 Å². The van der Waals surface area contributed by atoms with Crippen molar-refractivity contribution in [2.75, 3.05) is 0 Å². The number of nitrogens with zero attached hydrogens (tertiary/aromatic N) is 1. The molecule has 21 heavy (non-hydrogen) atoms. The molecule has 8 nitrogen and oxygen atoms in total. The Bertz CT molecular complexity index is 693. The van der Waals surface area contributed by atoms with Crippen LogP contribution in [0.1, 0.15) is 18.4 Å². The molecule has 0 saturated carbocycles. The third-order valence-electron chi connectivity index (χ3n) is 2.57. The maximum absolute atomic E-state index is 12.1. The van der Waals surface area contributed by atoms with E-state index in [0.29, 0.717) is 0 Å². The Balaban J connectivity index is 3.04. The summed E-state index contributed by atoms with van der Waals surface area (Å²) in [6.45, 7) is 0.